The van der Waals surface area contributed by atoms with Crippen LogP contribution in [-0.2, 0) is 4.74 Å². The number of rotatable bonds is 5. The quantitative estimate of drug-likeness (QED) is 0.794. The van der Waals surface area contributed by atoms with Gasteiger partial charge in [0.15, 0.2) is 0 Å². The third-order valence-electron chi connectivity index (χ3n) is 3.72. The van der Waals surface area contributed by atoms with Crippen molar-refractivity contribution in [2.75, 3.05) is 18.5 Å². The number of ether oxygens (including phenoxy) is 1. The molecule has 1 N–H and O–H groups in total. The monoisotopic (exact) mass is 247 g/mol. The molecular weight excluding hydrogens is 222 g/mol. The van der Waals surface area contributed by atoms with E-state index >= 15 is 0 Å². The minimum Gasteiger partial charge on any atom is -0.383 e. The van der Waals surface area contributed by atoms with Crippen molar-refractivity contribution in [1.82, 2.24) is 0 Å². The molecule has 0 heterocycles. The zero-order valence-corrected chi connectivity index (χ0v) is 11.6. The summed E-state index contributed by atoms with van der Waals surface area (Å²) in [5, 5.41) is 3.40. The molecule has 18 heavy (non-hydrogen) atoms. The van der Waals surface area contributed by atoms with Crippen molar-refractivity contribution in [3.63, 3.8) is 0 Å². The third kappa shape index (κ3) is 4.34. The summed E-state index contributed by atoms with van der Waals surface area (Å²) in [6.45, 7) is 6.15. The lowest BCUT2D eigenvalue weighted by molar-refractivity contribution is 0.0213. The van der Waals surface area contributed by atoms with Crippen LogP contribution in [0.15, 0.2) is 24.3 Å². The van der Waals surface area contributed by atoms with Crippen LogP contribution in [0.4, 0.5) is 5.69 Å². The molecule has 2 rings (SSSR count). The summed E-state index contributed by atoms with van der Waals surface area (Å²) in [6, 6.07) is 8.51. The third-order valence-corrected chi connectivity index (χ3v) is 3.72. The molecule has 1 aromatic rings. The Labute approximate surface area is 111 Å². The van der Waals surface area contributed by atoms with Crippen molar-refractivity contribution < 1.29 is 4.74 Å². The molecule has 2 unspecified atom stereocenters. The Kier molecular flexibility index (Phi) is 5.06. The summed E-state index contributed by atoms with van der Waals surface area (Å²) in [5.74, 6) is 0.841. The molecule has 0 bridgehead atoms. The Morgan fingerprint density at radius 3 is 2.72 bits per heavy atom. The molecule has 1 aliphatic rings. The molecule has 1 fully saturated rings. The lowest BCUT2D eigenvalue weighted by Gasteiger charge is -2.26. The van der Waals surface area contributed by atoms with E-state index in [9.17, 15) is 0 Å². The fourth-order valence-electron chi connectivity index (χ4n) is 2.62. The van der Waals surface area contributed by atoms with E-state index in [1.807, 2.05) is 0 Å². The summed E-state index contributed by atoms with van der Waals surface area (Å²) >= 11 is 0. The lowest BCUT2D eigenvalue weighted by atomic mass is 9.89. The van der Waals surface area contributed by atoms with Gasteiger partial charge in [0.05, 0.1) is 12.7 Å². The van der Waals surface area contributed by atoms with Gasteiger partial charge >= 0.3 is 0 Å². The Morgan fingerprint density at radius 1 is 1.22 bits per heavy atom. The second-order valence-corrected chi connectivity index (χ2v) is 5.56. The molecule has 1 aromatic carbocycles. The van der Waals surface area contributed by atoms with Crippen LogP contribution < -0.4 is 5.32 Å². The molecule has 0 saturated heterocycles. The van der Waals surface area contributed by atoms with Crippen LogP contribution in [0, 0.1) is 12.8 Å². The van der Waals surface area contributed by atoms with Gasteiger partial charge in [0.2, 0.25) is 0 Å². The van der Waals surface area contributed by atoms with Crippen LogP contribution in [-0.4, -0.2) is 19.3 Å². The molecule has 2 nitrogen and oxygen atoms in total. The minimum absolute atomic E-state index is 0.494. The number of anilines is 1. The number of nitrogens with one attached hydrogen (secondary N) is 1. The highest BCUT2D eigenvalue weighted by Crippen LogP contribution is 2.25. The smallest absolute Gasteiger partial charge is 0.0642 e. The highest BCUT2D eigenvalue weighted by Gasteiger charge is 2.18. The molecule has 0 spiro atoms. The number of hydrogen-bond donors (Lipinski definition) is 1. The zero-order chi connectivity index (χ0) is 12.8. The van der Waals surface area contributed by atoms with Gasteiger partial charge in [0.1, 0.15) is 0 Å². The van der Waals surface area contributed by atoms with Crippen LogP contribution in [0.3, 0.4) is 0 Å². The molecule has 2 heteroatoms. The first-order valence-electron chi connectivity index (χ1n) is 7.16. The van der Waals surface area contributed by atoms with Crippen LogP contribution >= 0.6 is 0 Å². The SMILES string of the molecule is Cc1ccc(NCCOC2CCCC(C)C2)cc1. The average Bonchev–Trinajstić information content (AvgIpc) is 2.37. The lowest BCUT2D eigenvalue weighted by Crippen LogP contribution is -2.24. The molecule has 0 radical (unpaired) electrons. The van der Waals surface area contributed by atoms with Crippen molar-refractivity contribution in [1.29, 1.82) is 0 Å². The van der Waals surface area contributed by atoms with E-state index in [0.717, 1.165) is 19.1 Å². The predicted octanol–water partition coefficient (Wildman–Crippen LogP) is 4.00. The van der Waals surface area contributed by atoms with E-state index in [0.29, 0.717) is 6.10 Å². The second kappa shape index (κ2) is 6.79. The first kappa shape index (κ1) is 13.4. The van der Waals surface area contributed by atoms with Crippen molar-refractivity contribution in [2.45, 2.75) is 45.6 Å². The first-order valence-corrected chi connectivity index (χ1v) is 7.16. The van der Waals surface area contributed by atoms with Crippen LogP contribution in [0.5, 0.6) is 0 Å². The Balaban J connectivity index is 1.62. The van der Waals surface area contributed by atoms with Gasteiger partial charge in [-0.3, -0.25) is 0 Å². The molecule has 1 saturated carbocycles. The normalized spacial score (nSPS) is 23.9. The largest absolute Gasteiger partial charge is 0.383 e. The Bertz CT molecular complexity index is 347. The van der Waals surface area contributed by atoms with Gasteiger partial charge in [-0.15, -0.1) is 0 Å². The Hall–Kier alpha value is -1.02. The van der Waals surface area contributed by atoms with Crippen molar-refractivity contribution in [3.8, 4) is 0 Å². The molecule has 0 amide bonds. The molecule has 100 valence electrons. The van der Waals surface area contributed by atoms with E-state index in [2.05, 4.69) is 43.4 Å². The fraction of sp³-hybridized carbons (Fsp3) is 0.625. The number of benzene rings is 1. The summed E-state index contributed by atoms with van der Waals surface area (Å²) in [7, 11) is 0. The van der Waals surface area contributed by atoms with Crippen LogP contribution in [0.2, 0.25) is 0 Å². The highest BCUT2D eigenvalue weighted by atomic mass is 16.5. The molecular formula is C16H25NO. The minimum atomic E-state index is 0.494. The summed E-state index contributed by atoms with van der Waals surface area (Å²) in [5.41, 5.74) is 2.48. The van der Waals surface area contributed by atoms with Gasteiger partial charge in [-0.1, -0.05) is 37.5 Å². The highest BCUT2D eigenvalue weighted by molar-refractivity contribution is 5.44. The van der Waals surface area contributed by atoms with Gasteiger partial charge in [0, 0.05) is 12.2 Å². The van der Waals surface area contributed by atoms with E-state index in [1.54, 1.807) is 0 Å². The van der Waals surface area contributed by atoms with Gasteiger partial charge in [-0.2, -0.15) is 0 Å². The first-order chi connectivity index (χ1) is 8.74. The topological polar surface area (TPSA) is 21.3 Å². The predicted molar refractivity (Wildman–Crippen MR) is 77.0 cm³/mol. The van der Waals surface area contributed by atoms with E-state index in [1.165, 1.54) is 36.9 Å². The average molecular weight is 247 g/mol. The van der Waals surface area contributed by atoms with Gasteiger partial charge < -0.3 is 10.1 Å². The maximum absolute atomic E-state index is 5.94. The van der Waals surface area contributed by atoms with Crippen LogP contribution in [0.25, 0.3) is 0 Å². The van der Waals surface area contributed by atoms with Gasteiger partial charge in [-0.05, 0) is 37.8 Å². The van der Waals surface area contributed by atoms with Crippen LogP contribution in [0.1, 0.15) is 38.2 Å². The molecule has 2 atom stereocenters. The van der Waals surface area contributed by atoms with Crippen molar-refractivity contribution in [2.24, 2.45) is 5.92 Å². The van der Waals surface area contributed by atoms with E-state index in [4.69, 9.17) is 4.74 Å². The maximum atomic E-state index is 5.94. The Morgan fingerprint density at radius 2 is 2.00 bits per heavy atom. The maximum Gasteiger partial charge on any atom is 0.0642 e. The van der Waals surface area contributed by atoms with Gasteiger partial charge in [0.25, 0.3) is 0 Å². The summed E-state index contributed by atoms with van der Waals surface area (Å²) < 4.78 is 5.94. The summed E-state index contributed by atoms with van der Waals surface area (Å²) in [6.07, 6.45) is 5.69. The molecule has 1 aliphatic carbocycles. The van der Waals surface area contributed by atoms with Crippen molar-refractivity contribution in [3.05, 3.63) is 29.8 Å². The summed E-state index contributed by atoms with van der Waals surface area (Å²) in [4.78, 5) is 0. The molecule has 0 aromatic heterocycles. The zero-order valence-electron chi connectivity index (χ0n) is 11.6. The molecule has 0 aliphatic heterocycles. The fourth-order valence-corrected chi connectivity index (χ4v) is 2.62. The van der Waals surface area contributed by atoms with Crippen molar-refractivity contribution >= 4 is 5.69 Å². The second-order valence-electron chi connectivity index (χ2n) is 5.56. The number of aryl methyl sites for hydroxylation is 1. The van der Waals surface area contributed by atoms with Gasteiger partial charge in [-0.25, -0.2) is 0 Å². The standard InChI is InChI=1S/C16H25NO/c1-13-6-8-15(9-7-13)17-10-11-18-16-5-3-4-14(2)12-16/h6-9,14,16-17H,3-5,10-12H2,1-2H3. The van der Waals surface area contributed by atoms with E-state index < -0.39 is 0 Å². The number of hydrogen-bond acceptors (Lipinski definition) is 2. The van der Waals surface area contributed by atoms with E-state index in [-0.39, 0.29) is 0 Å².